The van der Waals surface area contributed by atoms with E-state index >= 15 is 0 Å². The molecule has 0 unspecified atom stereocenters. The highest BCUT2D eigenvalue weighted by Gasteiger charge is 2.26. The molecule has 30 heavy (non-hydrogen) atoms. The second-order valence-electron chi connectivity index (χ2n) is 7.14. The third-order valence-electron chi connectivity index (χ3n) is 5.25. The number of alkyl halides is 1. The molecular formula is C22H22IN3O3S. The highest BCUT2D eigenvalue weighted by molar-refractivity contribution is 14.1. The first-order valence-electron chi connectivity index (χ1n) is 9.84. The highest BCUT2D eigenvalue weighted by Crippen LogP contribution is 2.33. The first kappa shape index (κ1) is 21.0. The van der Waals surface area contributed by atoms with E-state index in [9.17, 15) is 9.59 Å². The van der Waals surface area contributed by atoms with Crippen LogP contribution in [0.25, 0.3) is 10.2 Å². The summed E-state index contributed by atoms with van der Waals surface area (Å²) in [6.45, 7) is 1.39. The van der Waals surface area contributed by atoms with Crippen molar-refractivity contribution in [2.75, 3.05) is 24.2 Å². The Kier molecular flexibility index (Phi) is 6.83. The van der Waals surface area contributed by atoms with Crippen molar-refractivity contribution < 1.29 is 14.3 Å². The Bertz CT molecular complexity index is 997. The van der Waals surface area contributed by atoms with Gasteiger partial charge in [0.25, 0.3) is 5.91 Å². The van der Waals surface area contributed by atoms with Crippen LogP contribution < -0.4 is 10.1 Å². The molecule has 1 fully saturated rings. The molecule has 1 saturated heterocycles. The van der Waals surface area contributed by atoms with Crippen molar-refractivity contribution in [3.8, 4) is 5.75 Å². The maximum absolute atomic E-state index is 12.5. The standard InChI is InChI=1S/C22H22IN3O3S/c23-14-29-17-7-5-15(6-8-17)21(28)24-13-20(27)26-11-9-16(10-12-26)22-25-18-3-1-2-4-19(18)30-22/h1-8,16H,9-14H2,(H,24,28). The van der Waals surface area contributed by atoms with Gasteiger partial charge in [0.15, 0.2) is 0 Å². The van der Waals surface area contributed by atoms with Crippen LogP contribution in [0.2, 0.25) is 0 Å². The summed E-state index contributed by atoms with van der Waals surface area (Å²) in [4.78, 5) is 31.4. The molecule has 3 aromatic rings. The molecule has 8 heteroatoms. The lowest BCUT2D eigenvalue weighted by molar-refractivity contribution is -0.131. The zero-order valence-electron chi connectivity index (χ0n) is 16.3. The largest absolute Gasteiger partial charge is 0.483 e. The van der Waals surface area contributed by atoms with E-state index in [4.69, 9.17) is 9.72 Å². The van der Waals surface area contributed by atoms with E-state index in [1.807, 2.05) is 23.1 Å². The third-order valence-corrected chi connectivity index (χ3v) is 6.76. The quantitative estimate of drug-likeness (QED) is 0.380. The molecule has 6 nitrogen and oxygen atoms in total. The predicted octanol–water partition coefficient (Wildman–Crippen LogP) is 4.20. The second-order valence-corrected chi connectivity index (χ2v) is 8.82. The zero-order chi connectivity index (χ0) is 20.9. The number of para-hydroxylation sites is 1. The van der Waals surface area contributed by atoms with Crippen molar-refractivity contribution in [1.29, 1.82) is 0 Å². The molecule has 0 radical (unpaired) electrons. The molecule has 0 aliphatic carbocycles. The Hall–Kier alpha value is -2.20. The maximum atomic E-state index is 12.5. The summed E-state index contributed by atoms with van der Waals surface area (Å²) in [6.07, 6.45) is 1.80. The summed E-state index contributed by atoms with van der Waals surface area (Å²) in [5, 5.41) is 3.88. The van der Waals surface area contributed by atoms with Gasteiger partial charge in [-0.3, -0.25) is 9.59 Å². The zero-order valence-corrected chi connectivity index (χ0v) is 19.3. The van der Waals surface area contributed by atoms with Crippen LogP contribution in [0.3, 0.4) is 0 Å². The van der Waals surface area contributed by atoms with Crippen molar-refractivity contribution in [2.24, 2.45) is 0 Å². The van der Waals surface area contributed by atoms with Gasteiger partial charge in [-0.2, -0.15) is 0 Å². The van der Waals surface area contributed by atoms with Gasteiger partial charge in [0.1, 0.15) is 10.4 Å². The monoisotopic (exact) mass is 535 g/mol. The number of benzene rings is 2. The summed E-state index contributed by atoms with van der Waals surface area (Å²) in [5.41, 5.74) is 1.56. The second kappa shape index (κ2) is 9.74. The molecule has 1 aliphatic heterocycles. The van der Waals surface area contributed by atoms with Crippen molar-refractivity contribution in [2.45, 2.75) is 18.8 Å². The highest BCUT2D eigenvalue weighted by atomic mass is 127. The van der Waals surface area contributed by atoms with Crippen molar-refractivity contribution in [3.05, 3.63) is 59.1 Å². The molecule has 156 valence electrons. The lowest BCUT2D eigenvalue weighted by Crippen LogP contribution is -2.43. The first-order chi connectivity index (χ1) is 14.6. The van der Waals surface area contributed by atoms with E-state index < -0.39 is 0 Å². The average molecular weight is 535 g/mol. The van der Waals surface area contributed by atoms with Gasteiger partial charge in [-0.15, -0.1) is 11.3 Å². The molecule has 2 aromatic carbocycles. The minimum atomic E-state index is -0.256. The summed E-state index contributed by atoms with van der Waals surface area (Å²) in [6, 6.07) is 15.1. The molecule has 0 bridgehead atoms. The van der Waals surface area contributed by atoms with Gasteiger partial charge >= 0.3 is 0 Å². The molecule has 1 aliphatic rings. The van der Waals surface area contributed by atoms with Crippen LogP contribution in [0.1, 0.15) is 34.1 Å². The van der Waals surface area contributed by atoms with Crippen molar-refractivity contribution >= 4 is 56.0 Å². The van der Waals surface area contributed by atoms with Crippen LogP contribution >= 0.6 is 33.9 Å². The number of likely N-dealkylation sites (tertiary alicyclic amines) is 1. The lowest BCUT2D eigenvalue weighted by atomic mass is 9.97. The van der Waals surface area contributed by atoms with Gasteiger partial charge in [-0.25, -0.2) is 4.98 Å². The Morgan fingerprint density at radius 3 is 2.57 bits per heavy atom. The smallest absolute Gasteiger partial charge is 0.251 e. The number of thiazole rings is 1. The normalized spacial score (nSPS) is 14.6. The lowest BCUT2D eigenvalue weighted by Gasteiger charge is -2.31. The minimum Gasteiger partial charge on any atom is -0.483 e. The number of aromatic nitrogens is 1. The van der Waals surface area contributed by atoms with Gasteiger partial charge < -0.3 is 15.0 Å². The van der Waals surface area contributed by atoms with Crippen molar-refractivity contribution in [1.82, 2.24) is 15.2 Å². The number of halogens is 1. The van der Waals surface area contributed by atoms with E-state index in [1.54, 1.807) is 35.6 Å². The molecule has 4 rings (SSSR count). The number of hydrogen-bond donors (Lipinski definition) is 1. The number of hydrogen-bond acceptors (Lipinski definition) is 5. The van der Waals surface area contributed by atoms with E-state index in [2.05, 4.69) is 34.0 Å². The number of nitrogens with zero attached hydrogens (tertiary/aromatic N) is 2. The van der Waals surface area contributed by atoms with E-state index in [1.165, 1.54) is 4.70 Å². The fourth-order valence-electron chi connectivity index (χ4n) is 3.58. The van der Waals surface area contributed by atoms with Crippen LogP contribution in [0, 0.1) is 0 Å². The molecule has 2 amide bonds. The number of amides is 2. The van der Waals surface area contributed by atoms with Gasteiger partial charge in [0, 0.05) is 24.6 Å². The van der Waals surface area contributed by atoms with E-state index in [0.717, 1.165) is 23.4 Å². The van der Waals surface area contributed by atoms with Crippen molar-refractivity contribution in [3.63, 3.8) is 0 Å². The summed E-state index contributed by atoms with van der Waals surface area (Å²) < 4.78 is 7.13. The number of carbonyl (C=O) groups is 2. The van der Waals surface area contributed by atoms with Crippen LogP contribution in [0.15, 0.2) is 48.5 Å². The maximum Gasteiger partial charge on any atom is 0.251 e. The number of ether oxygens (including phenoxy) is 1. The molecular weight excluding hydrogens is 513 g/mol. The van der Waals surface area contributed by atoms with Crippen LogP contribution in [-0.2, 0) is 4.79 Å². The van der Waals surface area contributed by atoms with E-state index in [0.29, 0.717) is 34.9 Å². The van der Waals surface area contributed by atoms with Gasteiger partial charge in [-0.1, -0.05) is 12.1 Å². The van der Waals surface area contributed by atoms with Crippen LogP contribution in [0.4, 0.5) is 0 Å². The number of carbonyl (C=O) groups excluding carboxylic acids is 2. The Labute approximate surface area is 192 Å². The molecule has 0 saturated carbocycles. The van der Waals surface area contributed by atoms with Crippen LogP contribution in [-0.4, -0.2) is 45.9 Å². The fraction of sp³-hybridized carbons (Fsp3) is 0.318. The average Bonchev–Trinajstić information content (AvgIpc) is 3.22. The topological polar surface area (TPSA) is 71.5 Å². The first-order valence-corrected chi connectivity index (χ1v) is 12.2. The summed E-state index contributed by atoms with van der Waals surface area (Å²) in [7, 11) is 0. The van der Waals surface area contributed by atoms with E-state index in [-0.39, 0.29) is 18.4 Å². The fourth-order valence-corrected chi connectivity index (χ4v) is 5.07. The Balaban J connectivity index is 1.26. The molecule has 1 aromatic heterocycles. The van der Waals surface area contributed by atoms with Gasteiger partial charge in [0.05, 0.1) is 21.8 Å². The third kappa shape index (κ3) is 4.92. The molecule has 1 N–H and O–H groups in total. The molecule has 0 atom stereocenters. The summed E-state index contributed by atoms with van der Waals surface area (Å²) in [5.74, 6) is 0.807. The Morgan fingerprint density at radius 2 is 1.87 bits per heavy atom. The molecule has 2 heterocycles. The van der Waals surface area contributed by atoms with Gasteiger partial charge in [0.2, 0.25) is 5.91 Å². The number of fused-ring (bicyclic) bond motifs is 1. The van der Waals surface area contributed by atoms with Crippen LogP contribution in [0.5, 0.6) is 5.75 Å². The number of piperidine rings is 1. The predicted molar refractivity (Wildman–Crippen MR) is 126 cm³/mol. The number of nitrogens with one attached hydrogen (secondary N) is 1. The van der Waals surface area contributed by atoms with Gasteiger partial charge in [-0.05, 0) is 71.8 Å². The summed E-state index contributed by atoms with van der Waals surface area (Å²) >= 11 is 3.86. The SMILES string of the molecule is O=C(NCC(=O)N1CCC(c2nc3ccccc3s2)CC1)c1ccc(OCI)cc1. The number of rotatable bonds is 6. The minimum absolute atomic E-state index is 0.0106. The Morgan fingerprint density at radius 1 is 1.13 bits per heavy atom. The molecule has 0 spiro atoms.